The Morgan fingerprint density at radius 3 is 2.42 bits per heavy atom. The lowest BCUT2D eigenvalue weighted by Crippen LogP contribution is -2.12. The van der Waals surface area contributed by atoms with E-state index in [0.717, 1.165) is 21.4 Å². The molecule has 0 aliphatic carbocycles. The highest BCUT2D eigenvalue weighted by Crippen LogP contribution is 2.30. The second-order valence-corrected chi connectivity index (χ2v) is 6.00. The van der Waals surface area contributed by atoms with Crippen molar-refractivity contribution in [2.75, 3.05) is 5.32 Å². The fourth-order valence-electron chi connectivity index (χ4n) is 1.57. The third-order valence-corrected chi connectivity index (χ3v) is 3.71. The number of hydrogen-bond acceptors (Lipinski definition) is 2. The average molecular weight is 376 g/mol. The average Bonchev–Trinajstić information content (AvgIpc) is 2.34. The van der Waals surface area contributed by atoms with E-state index in [1.54, 1.807) is 18.2 Å². The SMILES string of the molecule is NC(=S)c1cc(Br)ccc1Nc1ccc(Cl)cc1Cl. The molecule has 0 fully saturated rings. The monoisotopic (exact) mass is 374 g/mol. The highest BCUT2D eigenvalue weighted by atomic mass is 79.9. The highest BCUT2D eigenvalue weighted by Gasteiger charge is 2.08. The van der Waals surface area contributed by atoms with Gasteiger partial charge in [-0.25, -0.2) is 0 Å². The van der Waals surface area contributed by atoms with Crippen molar-refractivity contribution in [2.24, 2.45) is 5.73 Å². The van der Waals surface area contributed by atoms with Crippen LogP contribution < -0.4 is 11.1 Å². The molecule has 0 saturated heterocycles. The first-order valence-electron chi connectivity index (χ1n) is 5.29. The second kappa shape index (κ2) is 6.09. The third kappa shape index (κ3) is 3.60. The van der Waals surface area contributed by atoms with Crippen molar-refractivity contribution in [1.82, 2.24) is 0 Å². The zero-order valence-electron chi connectivity index (χ0n) is 9.58. The summed E-state index contributed by atoms with van der Waals surface area (Å²) in [6.07, 6.45) is 0. The second-order valence-electron chi connectivity index (χ2n) is 3.80. The van der Waals surface area contributed by atoms with E-state index < -0.39 is 0 Å². The standard InChI is InChI=1S/C13H9BrCl2N2S/c14-7-1-3-11(9(5-7)13(17)19)18-12-4-2-8(15)6-10(12)16/h1-6,18H,(H2,17,19). The van der Waals surface area contributed by atoms with Crippen LogP contribution in [0.5, 0.6) is 0 Å². The first kappa shape index (κ1) is 14.6. The van der Waals surface area contributed by atoms with Crippen molar-refractivity contribution in [1.29, 1.82) is 0 Å². The molecule has 0 bridgehead atoms. The van der Waals surface area contributed by atoms with Gasteiger partial charge in [-0.15, -0.1) is 0 Å². The lowest BCUT2D eigenvalue weighted by Gasteiger charge is -2.13. The van der Waals surface area contributed by atoms with Gasteiger partial charge in [-0.3, -0.25) is 0 Å². The van der Waals surface area contributed by atoms with Crippen molar-refractivity contribution in [3.05, 3.63) is 56.5 Å². The van der Waals surface area contributed by atoms with Crippen LogP contribution in [0, 0.1) is 0 Å². The normalized spacial score (nSPS) is 10.3. The molecule has 0 spiro atoms. The molecule has 19 heavy (non-hydrogen) atoms. The number of nitrogens with one attached hydrogen (secondary N) is 1. The Bertz CT molecular complexity index is 647. The minimum Gasteiger partial charge on any atom is -0.389 e. The molecule has 0 aliphatic heterocycles. The number of halogens is 3. The van der Waals surface area contributed by atoms with Crippen LogP contribution in [0.25, 0.3) is 0 Å². The van der Waals surface area contributed by atoms with E-state index in [2.05, 4.69) is 21.2 Å². The van der Waals surface area contributed by atoms with Gasteiger partial charge in [0.05, 0.1) is 10.7 Å². The molecule has 2 aromatic rings. The topological polar surface area (TPSA) is 38.0 Å². The van der Waals surface area contributed by atoms with Crippen LogP contribution in [0.3, 0.4) is 0 Å². The van der Waals surface area contributed by atoms with Crippen molar-refractivity contribution in [3.8, 4) is 0 Å². The molecule has 0 radical (unpaired) electrons. The Labute approximate surface area is 135 Å². The Hall–Kier alpha value is -0.810. The van der Waals surface area contributed by atoms with Crippen LogP contribution in [-0.2, 0) is 0 Å². The molecule has 0 atom stereocenters. The molecule has 0 unspecified atom stereocenters. The molecule has 0 amide bonds. The maximum atomic E-state index is 6.12. The summed E-state index contributed by atoms with van der Waals surface area (Å²) in [6, 6.07) is 10.9. The molecular formula is C13H9BrCl2N2S. The number of rotatable bonds is 3. The number of nitrogens with two attached hydrogens (primary N) is 1. The summed E-state index contributed by atoms with van der Waals surface area (Å²) < 4.78 is 0.906. The lowest BCUT2D eigenvalue weighted by molar-refractivity contribution is 1.51. The first-order chi connectivity index (χ1) is 8.97. The molecule has 6 heteroatoms. The van der Waals surface area contributed by atoms with E-state index in [9.17, 15) is 0 Å². The van der Waals surface area contributed by atoms with Crippen LogP contribution in [-0.4, -0.2) is 4.99 Å². The minimum atomic E-state index is 0.314. The van der Waals surface area contributed by atoms with Crippen LogP contribution in [0.15, 0.2) is 40.9 Å². The Morgan fingerprint density at radius 2 is 1.79 bits per heavy atom. The molecule has 0 aliphatic rings. The predicted molar refractivity (Wildman–Crippen MR) is 89.8 cm³/mol. The summed E-state index contributed by atoms with van der Waals surface area (Å²) in [5, 5.41) is 4.31. The van der Waals surface area contributed by atoms with E-state index in [4.69, 9.17) is 41.2 Å². The van der Waals surface area contributed by atoms with E-state index in [0.29, 0.717) is 15.0 Å². The van der Waals surface area contributed by atoms with Crippen LogP contribution in [0.4, 0.5) is 11.4 Å². The van der Waals surface area contributed by atoms with E-state index in [1.165, 1.54) is 0 Å². The summed E-state index contributed by atoms with van der Waals surface area (Å²) in [5.74, 6) is 0. The molecule has 2 rings (SSSR count). The van der Waals surface area contributed by atoms with Crippen molar-refractivity contribution >= 4 is 67.7 Å². The van der Waals surface area contributed by atoms with Crippen LogP contribution in [0.2, 0.25) is 10.0 Å². The maximum absolute atomic E-state index is 6.12. The summed E-state index contributed by atoms with van der Waals surface area (Å²) in [4.78, 5) is 0.314. The largest absolute Gasteiger partial charge is 0.389 e. The van der Waals surface area contributed by atoms with Gasteiger partial charge in [0.2, 0.25) is 0 Å². The van der Waals surface area contributed by atoms with Crippen molar-refractivity contribution in [3.63, 3.8) is 0 Å². The highest BCUT2D eigenvalue weighted by molar-refractivity contribution is 9.10. The fraction of sp³-hybridized carbons (Fsp3) is 0. The van der Waals surface area contributed by atoms with E-state index in [1.807, 2.05) is 18.2 Å². The van der Waals surface area contributed by atoms with E-state index >= 15 is 0 Å². The van der Waals surface area contributed by atoms with Gasteiger partial charge in [0.1, 0.15) is 4.99 Å². The molecule has 0 aromatic heterocycles. The Morgan fingerprint density at radius 1 is 1.11 bits per heavy atom. The Balaban J connectivity index is 2.40. The summed E-state index contributed by atoms with van der Waals surface area (Å²) in [7, 11) is 0. The molecule has 0 heterocycles. The van der Waals surface area contributed by atoms with Gasteiger partial charge in [0.15, 0.2) is 0 Å². The number of benzene rings is 2. The number of anilines is 2. The van der Waals surface area contributed by atoms with Crippen molar-refractivity contribution < 1.29 is 0 Å². The molecule has 2 aromatic carbocycles. The number of thiocarbonyl (C=S) groups is 1. The molecular weight excluding hydrogens is 367 g/mol. The molecule has 98 valence electrons. The van der Waals surface area contributed by atoms with E-state index in [-0.39, 0.29) is 0 Å². The van der Waals surface area contributed by atoms with Crippen LogP contribution in [0.1, 0.15) is 5.56 Å². The molecule has 3 N–H and O–H groups in total. The minimum absolute atomic E-state index is 0.314. The maximum Gasteiger partial charge on any atom is 0.106 e. The smallest absolute Gasteiger partial charge is 0.106 e. The molecule has 0 saturated carbocycles. The lowest BCUT2D eigenvalue weighted by atomic mass is 10.1. The van der Waals surface area contributed by atoms with Gasteiger partial charge in [-0.2, -0.15) is 0 Å². The summed E-state index contributed by atoms with van der Waals surface area (Å²) >= 11 is 20.4. The zero-order valence-corrected chi connectivity index (χ0v) is 13.5. The van der Waals surface area contributed by atoms with Gasteiger partial charge < -0.3 is 11.1 Å². The van der Waals surface area contributed by atoms with Gasteiger partial charge in [-0.1, -0.05) is 51.3 Å². The molecule has 2 nitrogen and oxygen atoms in total. The summed E-state index contributed by atoms with van der Waals surface area (Å²) in [6.45, 7) is 0. The predicted octanol–water partition coefficient (Wildman–Crippen LogP) is 5.13. The Kier molecular flexibility index (Phi) is 4.68. The first-order valence-corrected chi connectivity index (χ1v) is 7.24. The summed E-state index contributed by atoms with van der Waals surface area (Å²) in [5.41, 5.74) is 7.99. The van der Waals surface area contributed by atoms with Crippen molar-refractivity contribution in [2.45, 2.75) is 0 Å². The van der Waals surface area contributed by atoms with Gasteiger partial charge in [0, 0.05) is 20.7 Å². The van der Waals surface area contributed by atoms with Gasteiger partial charge in [-0.05, 0) is 36.4 Å². The quantitative estimate of drug-likeness (QED) is 0.730. The van der Waals surface area contributed by atoms with Crippen LogP contribution >= 0.6 is 51.3 Å². The fourth-order valence-corrected chi connectivity index (χ4v) is 2.55. The zero-order chi connectivity index (χ0) is 14.0. The number of hydrogen-bond donors (Lipinski definition) is 2. The van der Waals surface area contributed by atoms with Gasteiger partial charge in [0.25, 0.3) is 0 Å². The third-order valence-electron chi connectivity index (χ3n) is 2.45. The van der Waals surface area contributed by atoms with Gasteiger partial charge >= 0.3 is 0 Å².